The first kappa shape index (κ1) is 12.5. The molecule has 1 aromatic rings. The van der Waals surface area contributed by atoms with Crippen LogP contribution in [0.3, 0.4) is 0 Å². The van der Waals surface area contributed by atoms with Crippen molar-refractivity contribution < 1.29 is 9.53 Å². The molecule has 1 atom stereocenters. The van der Waals surface area contributed by atoms with E-state index in [2.05, 4.69) is 0 Å². The van der Waals surface area contributed by atoms with Crippen LogP contribution in [0.2, 0.25) is 10.0 Å². The van der Waals surface area contributed by atoms with Gasteiger partial charge in [0.1, 0.15) is 0 Å². The van der Waals surface area contributed by atoms with Crippen LogP contribution < -0.4 is 0 Å². The van der Waals surface area contributed by atoms with Gasteiger partial charge in [-0.1, -0.05) is 29.3 Å². The highest BCUT2D eigenvalue weighted by atomic mass is 35.5. The van der Waals surface area contributed by atoms with E-state index >= 15 is 0 Å². The summed E-state index contributed by atoms with van der Waals surface area (Å²) in [5.41, 5.74) is 1.45. The summed E-state index contributed by atoms with van der Waals surface area (Å²) in [6.45, 7) is 1.89. The van der Waals surface area contributed by atoms with Gasteiger partial charge in [0.2, 0.25) is 0 Å². The van der Waals surface area contributed by atoms with Gasteiger partial charge in [0, 0.05) is 15.6 Å². The number of carbonyl (C=O) groups is 1. The lowest BCUT2D eigenvalue weighted by atomic mass is 10.0. The maximum atomic E-state index is 11.6. The van der Waals surface area contributed by atoms with Crippen LogP contribution in [0.5, 0.6) is 0 Å². The quantitative estimate of drug-likeness (QED) is 0.567. The third-order valence-electron chi connectivity index (χ3n) is 2.68. The zero-order chi connectivity index (χ0) is 12.4. The van der Waals surface area contributed by atoms with Crippen molar-refractivity contribution in [2.45, 2.75) is 25.9 Å². The molecule has 0 spiro atoms. The molecule has 1 heterocycles. The summed E-state index contributed by atoms with van der Waals surface area (Å²) in [7, 11) is 0. The molecule has 1 aliphatic rings. The van der Waals surface area contributed by atoms with Crippen LogP contribution >= 0.6 is 23.2 Å². The van der Waals surface area contributed by atoms with Crippen LogP contribution in [-0.2, 0) is 9.53 Å². The number of carbonyl (C=O) groups excluding carboxylic acids is 1. The van der Waals surface area contributed by atoms with E-state index in [1.807, 2.05) is 6.92 Å². The zero-order valence-electron chi connectivity index (χ0n) is 9.37. The summed E-state index contributed by atoms with van der Waals surface area (Å²) in [4.78, 5) is 11.6. The van der Waals surface area contributed by atoms with E-state index in [0.29, 0.717) is 15.6 Å². The van der Waals surface area contributed by atoms with Crippen molar-refractivity contribution in [3.05, 3.63) is 39.4 Å². The van der Waals surface area contributed by atoms with Gasteiger partial charge in [0.25, 0.3) is 0 Å². The van der Waals surface area contributed by atoms with E-state index in [1.165, 1.54) is 0 Å². The first-order valence-electron chi connectivity index (χ1n) is 5.43. The standard InChI is InChI=1S/C13H12Cl2O2/c1-8-2-3-10(13(16)17-8)6-9-4-5-11(14)7-12(9)15/h4-8H,2-3H2,1H3/b10-6+. The fraction of sp³-hybridized carbons (Fsp3) is 0.308. The molecule has 0 radical (unpaired) electrons. The Bertz CT molecular complexity index is 480. The van der Waals surface area contributed by atoms with Crippen molar-refractivity contribution in [1.29, 1.82) is 0 Å². The summed E-state index contributed by atoms with van der Waals surface area (Å²) < 4.78 is 5.16. The maximum absolute atomic E-state index is 11.6. The largest absolute Gasteiger partial charge is 0.459 e. The molecule has 90 valence electrons. The molecule has 4 heteroatoms. The van der Waals surface area contributed by atoms with E-state index in [9.17, 15) is 4.79 Å². The highest BCUT2D eigenvalue weighted by Gasteiger charge is 2.21. The molecule has 0 aliphatic carbocycles. The van der Waals surface area contributed by atoms with Gasteiger partial charge in [-0.3, -0.25) is 0 Å². The van der Waals surface area contributed by atoms with E-state index in [0.717, 1.165) is 18.4 Å². The first-order chi connectivity index (χ1) is 8.06. The molecule has 0 bridgehead atoms. The van der Waals surface area contributed by atoms with Crippen molar-refractivity contribution in [3.63, 3.8) is 0 Å². The molecule has 0 aromatic heterocycles. The van der Waals surface area contributed by atoms with Crippen molar-refractivity contribution in [2.24, 2.45) is 0 Å². The van der Waals surface area contributed by atoms with Crippen LogP contribution in [0.4, 0.5) is 0 Å². The Labute approximate surface area is 110 Å². The van der Waals surface area contributed by atoms with Gasteiger partial charge in [0.15, 0.2) is 0 Å². The number of esters is 1. The molecule has 0 saturated carbocycles. The Morgan fingerprint density at radius 2 is 2.18 bits per heavy atom. The maximum Gasteiger partial charge on any atom is 0.334 e. The van der Waals surface area contributed by atoms with Gasteiger partial charge < -0.3 is 4.74 Å². The Hall–Kier alpha value is -0.990. The normalized spacial score (nSPS) is 22.6. The molecule has 2 rings (SSSR count). The molecule has 1 unspecified atom stereocenters. The second kappa shape index (κ2) is 5.11. The highest BCUT2D eigenvalue weighted by Crippen LogP contribution is 2.26. The molecule has 0 N–H and O–H groups in total. The molecule has 1 aromatic carbocycles. The van der Waals surface area contributed by atoms with Crippen molar-refractivity contribution in [1.82, 2.24) is 0 Å². The second-order valence-corrected chi connectivity index (χ2v) is 4.93. The number of ether oxygens (including phenoxy) is 1. The fourth-order valence-corrected chi connectivity index (χ4v) is 2.18. The Balaban J connectivity index is 2.27. The number of rotatable bonds is 1. The molecule has 0 amide bonds. The zero-order valence-corrected chi connectivity index (χ0v) is 10.9. The average molecular weight is 271 g/mol. The minimum Gasteiger partial charge on any atom is -0.459 e. The number of benzene rings is 1. The van der Waals surface area contributed by atoms with Gasteiger partial charge in [-0.25, -0.2) is 4.79 Å². The summed E-state index contributed by atoms with van der Waals surface area (Å²) in [5, 5.41) is 1.12. The summed E-state index contributed by atoms with van der Waals surface area (Å²) in [6.07, 6.45) is 3.34. The summed E-state index contributed by atoms with van der Waals surface area (Å²) in [5.74, 6) is -0.255. The van der Waals surface area contributed by atoms with Crippen LogP contribution in [-0.4, -0.2) is 12.1 Å². The minimum absolute atomic E-state index is 0.000315. The smallest absolute Gasteiger partial charge is 0.334 e. The van der Waals surface area contributed by atoms with Gasteiger partial charge in [-0.05, 0) is 43.5 Å². The van der Waals surface area contributed by atoms with Crippen LogP contribution in [0.15, 0.2) is 23.8 Å². The van der Waals surface area contributed by atoms with Gasteiger partial charge >= 0.3 is 5.97 Å². The predicted octanol–water partition coefficient (Wildman–Crippen LogP) is 4.10. The summed E-state index contributed by atoms with van der Waals surface area (Å²) in [6, 6.07) is 5.20. The molecular formula is C13H12Cl2O2. The van der Waals surface area contributed by atoms with Crippen LogP contribution in [0, 0.1) is 0 Å². The van der Waals surface area contributed by atoms with Crippen molar-refractivity contribution in [3.8, 4) is 0 Å². The van der Waals surface area contributed by atoms with Crippen LogP contribution in [0.25, 0.3) is 6.08 Å². The van der Waals surface area contributed by atoms with Crippen molar-refractivity contribution in [2.75, 3.05) is 0 Å². The van der Waals surface area contributed by atoms with Gasteiger partial charge in [-0.2, -0.15) is 0 Å². The third-order valence-corrected chi connectivity index (χ3v) is 3.25. The highest BCUT2D eigenvalue weighted by molar-refractivity contribution is 6.35. The lowest BCUT2D eigenvalue weighted by Gasteiger charge is -2.20. The topological polar surface area (TPSA) is 26.3 Å². The average Bonchev–Trinajstić information content (AvgIpc) is 2.25. The molecule has 1 saturated heterocycles. The Morgan fingerprint density at radius 1 is 1.41 bits per heavy atom. The number of halogens is 2. The van der Waals surface area contributed by atoms with Crippen LogP contribution in [0.1, 0.15) is 25.3 Å². The Morgan fingerprint density at radius 3 is 2.82 bits per heavy atom. The molecular weight excluding hydrogens is 259 g/mol. The number of hydrogen-bond acceptors (Lipinski definition) is 2. The van der Waals surface area contributed by atoms with Gasteiger partial charge in [0.05, 0.1) is 6.10 Å². The molecule has 17 heavy (non-hydrogen) atoms. The number of hydrogen-bond donors (Lipinski definition) is 0. The molecule has 1 fully saturated rings. The monoisotopic (exact) mass is 270 g/mol. The third kappa shape index (κ3) is 3.02. The van der Waals surface area contributed by atoms with E-state index in [1.54, 1.807) is 24.3 Å². The second-order valence-electron chi connectivity index (χ2n) is 4.09. The Kier molecular flexibility index (Phi) is 3.75. The van der Waals surface area contributed by atoms with E-state index in [4.69, 9.17) is 27.9 Å². The lowest BCUT2D eigenvalue weighted by Crippen LogP contribution is -2.22. The lowest BCUT2D eigenvalue weighted by molar-refractivity contribution is -0.146. The number of cyclic esters (lactones) is 1. The predicted molar refractivity (Wildman–Crippen MR) is 69.2 cm³/mol. The molecule has 2 nitrogen and oxygen atoms in total. The summed E-state index contributed by atoms with van der Waals surface area (Å²) >= 11 is 11.9. The fourth-order valence-electron chi connectivity index (χ4n) is 1.72. The SMILES string of the molecule is CC1CC/C(=C\c2ccc(Cl)cc2Cl)C(=O)O1. The van der Waals surface area contributed by atoms with Gasteiger partial charge in [-0.15, -0.1) is 0 Å². The van der Waals surface area contributed by atoms with E-state index < -0.39 is 0 Å². The van der Waals surface area contributed by atoms with Crippen molar-refractivity contribution >= 4 is 35.2 Å². The molecule has 1 aliphatic heterocycles. The van der Waals surface area contributed by atoms with E-state index in [-0.39, 0.29) is 12.1 Å². The minimum atomic E-state index is -0.255. The first-order valence-corrected chi connectivity index (χ1v) is 6.18.